The monoisotopic (exact) mass is 561 g/mol. The molecule has 3 aromatic rings. The fourth-order valence-corrected chi connectivity index (χ4v) is 5.24. The normalized spacial score (nSPS) is 17.1. The van der Waals surface area contributed by atoms with E-state index < -0.39 is 11.2 Å². The Morgan fingerprint density at radius 1 is 1.05 bits per heavy atom. The highest BCUT2D eigenvalue weighted by molar-refractivity contribution is 8.15. The third-order valence-electron chi connectivity index (χ3n) is 6.16. The van der Waals surface area contributed by atoms with Gasteiger partial charge in [0.1, 0.15) is 11.0 Å². The van der Waals surface area contributed by atoms with Gasteiger partial charge in [0.15, 0.2) is 16.7 Å². The van der Waals surface area contributed by atoms with Crippen molar-refractivity contribution in [1.29, 1.82) is 0 Å². The summed E-state index contributed by atoms with van der Waals surface area (Å²) in [5.74, 6) is 0.946. The number of carbonyl (C=O) groups excluding carboxylic acids is 3. The van der Waals surface area contributed by atoms with Gasteiger partial charge >= 0.3 is 5.97 Å². The maximum absolute atomic E-state index is 13.4. The van der Waals surface area contributed by atoms with Gasteiger partial charge in [0.25, 0.3) is 0 Å². The molecular formula is C29H27N3O7S. The number of amides is 2. The lowest BCUT2D eigenvalue weighted by Gasteiger charge is -2.32. The number of aliphatic imine (C=N–C) groups is 1. The summed E-state index contributed by atoms with van der Waals surface area (Å²) in [7, 11) is 1.30. The van der Waals surface area contributed by atoms with Crippen LogP contribution in [0.1, 0.15) is 29.3 Å². The zero-order valence-electron chi connectivity index (χ0n) is 21.9. The third-order valence-corrected chi connectivity index (χ3v) is 7.34. The summed E-state index contributed by atoms with van der Waals surface area (Å²) in [5.41, 5.74) is 2.32. The number of benzene rings is 3. The first-order valence-corrected chi connectivity index (χ1v) is 13.5. The number of rotatable bonds is 8. The largest absolute Gasteiger partial charge is 0.494 e. The van der Waals surface area contributed by atoms with Crippen molar-refractivity contribution in [1.82, 2.24) is 4.90 Å². The molecule has 10 nitrogen and oxygen atoms in total. The van der Waals surface area contributed by atoms with E-state index in [0.29, 0.717) is 46.0 Å². The molecule has 0 bridgehead atoms. The van der Waals surface area contributed by atoms with Gasteiger partial charge in [0.2, 0.25) is 18.6 Å². The maximum atomic E-state index is 13.4. The molecule has 0 saturated carbocycles. The molecule has 2 aliphatic heterocycles. The minimum Gasteiger partial charge on any atom is -0.494 e. The van der Waals surface area contributed by atoms with Crippen LogP contribution in [-0.4, -0.2) is 53.6 Å². The number of carbonyl (C=O) groups is 3. The van der Waals surface area contributed by atoms with E-state index in [-0.39, 0.29) is 31.6 Å². The number of nitrogens with one attached hydrogen (secondary N) is 1. The Hall–Kier alpha value is -4.51. The van der Waals surface area contributed by atoms with Gasteiger partial charge in [0.05, 0.1) is 31.5 Å². The van der Waals surface area contributed by atoms with Crippen molar-refractivity contribution in [3.63, 3.8) is 0 Å². The van der Waals surface area contributed by atoms with Crippen LogP contribution in [0.5, 0.6) is 17.2 Å². The van der Waals surface area contributed by atoms with Crippen LogP contribution in [0.2, 0.25) is 0 Å². The summed E-state index contributed by atoms with van der Waals surface area (Å²) in [6.45, 7) is 2.86. The quantitative estimate of drug-likeness (QED) is 0.392. The van der Waals surface area contributed by atoms with E-state index >= 15 is 0 Å². The van der Waals surface area contributed by atoms with Crippen molar-refractivity contribution < 1.29 is 33.3 Å². The van der Waals surface area contributed by atoms with Crippen LogP contribution < -0.4 is 19.5 Å². The number of anilines is 1. The van der Waals surface area contributed by atoms with Crippen LogP contribution in [-0.2, 0) is 20.9 Å². The number of methoxy groups -OCH3 is 1. The van der Waals surface area contributed by atoms with Crippen LogP contribution >= 0.6 is 11.8 Å². The van der Waals surface area contributed by atoms with Gasteiger partial charge in [-0.05, 0) is 73.2 Å². The lowest BCUT2D eigenvalue weighted by molar-refractivity contribution is -0.129. The average Bonchev–Trinajstić information content (AvgIpc) is 3.44. The molecular weight excluding hydrogens is 534 g/mol. The van der Waals surface area contributed by atoms with E-state index in [4.69, 9.17) is 23.9 Å². The molecule has 5 rings (SSSR count). The predicted molar refractivity (Wildman–Crippen MR) is 150 cm³/mol. The molecule has 2 aliphatic rings. The summed E-state index contributed by atoms with van der Waals surface area (Å²) in [6, 6.07) is 19.1. The number of amidine groups is 1. The molecule has 40 heavy (non-hydrogen) atoms. The average molecular weight is 562 g/mol. The second-order valence-electron chi connectivity index (χ2n) is 8.86. The van der Waals surface area contributed by atoms with Crippen LogP contribution in [0, 0.1) is 0 Å². The zero-order chi connectivity index (χ0) is 28.1. The SMILES string of the molecule is CCOc1ccc(N=C2S[C@H](C(=O)Nc3ccc(C(=O)OC)cc3)CC(=O)N2Cc2ccc3c(c2)OCO3)cc1. The Morgan fingerprint density at radius 2 is 1.80 bits per heavy atom. The lowest BCUT2D eigenvalue weighted by Crippen LogP contribution is -2.44. The fraction of sp³-hybridized carbons (Fsp3) is 0.241. The van der Waals surface area contributed by atoms with Gasteiger partial charge < -0.3 is 24.3 Å². The molecule has 0 radical (unpaired) electrons. The summed E-state index contributed by atoms with van der Waals surface area (Å²) in [5, 5.41) is 2.53. The Morgan fingerprint density at radius 3 is 2.52 bits per heavy atom. The minimum atomic E-state index is -0.706. The Labute approximate surface area is 235 Å². The molecule has 2 heterocycles. The van der Waals surface area contributed by atoms with Gasteiger partial charge in [0, 0.05) is 12.1 Å². The van der Waals surface area contributed by atoms with E-state index in [0.717, 1.165) is 5.56 Å². The summed E-state index contributed by atoms with van der Waals surface area (Å²) >= 11 is 1.22. The number of ether oxygens (including phenoxy) is 4. The fourth-order valence-electron chi connectivity index (χ4n) is 4.14. The summed E-state index contributed by atoms with van der Waals surface area (Å²) in [4.78, 5) is 44.6. The summed E-state index contributed by atoms with van der Waals surface area (Å²) in [6.07, 6.45) is -0.0103. The first-order chi connectivity index (χ1) is 19.4. The number of hydrogen-bond acceptors (Lipinski definition) is 9. The van der Waals surface area contributed by atoms with Crippen LogP contribution in [0.25, 0.3) is 0 Å². The Bertz CT molecular complexity index is 1440. The van der Waals surface area contributed by atoms with Crippen molar-refractivity contribution >= 4 is 46.1 Å². The molecule has 0 aliphatic carbocycles. The van der Waals surface area contributed by atoms with Crippen molar-refractivity contribution in [3.8, 4) is 17.2 Å². The van der Waals surface area contributed by atoms with E-state index in [2.05, 4.69) is 5.32 Å². The van der Waals surface area contributed by atoms with Gasteiger partial charge in [-0.3, -0.25) is 14.5 Å². The maximum Gasteiger partial charge on any atom is 0.337 e. The number of hydrogen-bond donors (Lipinski definition) is 1. The Balaban J connectivity index is 1.37. The van der Waals surface area contributed by atoms with Crippen LogP contribution in [0.15, 0.2) is 71.7 Å². The van der Waals surface area contributed by atoms with E-state index in [9.17, 15) is 14.4 Å². The molecule has 1 saturated heterocycles. The molecule has 2 amide bonds. The lowest BCUT2D eigenvalue weighted by atomic mass is 10.1. The highest BCUT2D eigenvalue weighted by Crippen LogP contribution is 2.35. The molecule has 11 heteroatoms. The highest BCUT2D eigenvalue weighted by Gasteiger charge is 2.36. The first kappa shape index (κ1) is 27.1. The van der Waals surface area contributed by atoms with Gasteiger partial charge in [-0.2, -0.15) is 0 Å². The molecule has 1 atom stereocenters. The van der Waals surface area contributed by atoms with E-state index in [1.54, 1.807) is 41.3 Å². The van der Waals surface area contributed by atoms with Gasteiger partial charge in [-0.25, -0.2) is 9.79 Å². The summed E-state index contributed by atoms with van der Waals surface area (Å²) < 4.78 is 21.1. The second-order valence-corrected chi connectivity index (χ2v) is 10.0. The van der Waals surface area contributed by atoms with Crippen molar-refractivity contribution in [2.75, 3.05) is 25.8 Å². The molecule has 1 N–H and O–H groups in total. The number of thioether (sulfide) groups is 1. The van der Waals surface area contributed by atoms with Crippen molar-refractivity contribution in [2.45, 2.75) is 25.1 Å². The number of fused-ring (bicyclic) bond motifs is 1. The minimum absolute atomic E-state index is 0.0103. The smallest absolute Gasteiger partial charge is 0.337 e. The highest BCUT2D eigenvalue weighted by atomic mass is 32.2. The van der Waals surface area contributed by atoms with Gasteiger partial charge in [-0.15, -0.1) is 0 Å². The predicted octanol–water partition coefficient (Wildman–Crippen LogP) is 4.76. The molecule has 3 aromatic carbocycles. The molecule has 206 valence electrons. The van der Waals surface area contributed by atoms with E-state index in [1.165, 1.54) is 18.9 Å². The number of esters is 1. The van der Waals surface area contributed by atoms with Crippen molar-refractivity contribution in [3.05, 3.63) is 77.9 Å². The molecule has 0 spiro atoms. The molecule has 1 fully saturated rings. The van der Waals surface area contributed by atoms with E-state index in [1.807, 2.05) is 37.3 Å². The number of nitrogens with zero attached hydrogens (tertiary/aromatic N) is 2. The van der Waals surface area contributed by atoms with Crippen LogP contribution in [0.4, 0.5) is 11.4 Å². The first-order valence-electron chi connectivity index (χ1n) is 12.6. The third kappa shape index (κ3) is 6.20. The zero-order valence-corrected chi connectivity index (χ0v) is 22.7. The van der Waals surface area contributed by atoms with Crippen LogP contribution in [0.3, 0.4) is 0 Å². The van der Waals surface area contributed by atoms with Gasteiger partial charge in [-0.1, -0.05) is 17.8 Å². The molecule has 0 aromatic heterocycles. The topological polar surface area (TPSA) is 116 Å². The standard InChI is InChI=1S/C29H27N3O7S/c1-3-37-22-11-9-21(10-12-22)31-29-32(16-18-4-13-23-24(14-18)39-17-38-23)26(33)15-25(40-29)27(34)30-20-7-5-19(6-8-20)28(35)36-2/h4-14,25H,3,15-17H2,1-2H3,(H,30,34)/t25-/m0/s1. The van der Waals surface area contributed by atoms with Crippen molar-refractivity contribution in [2.24, 2.45) is 4.99 Å². The second kappa shape index (κ2) is 12.1. The Kier molecular flexibility index (Phi) is 8.20. The molecule has 0 unspecified atom stereocenters.